The van der Waals surface area contributed by atoms with Crippen LogP contribution in [0.15, 0.2) is 18.5 Å². The summed E-state index contributed by atoms with van der Waals surface area (Å²) < 4.78 is 0. The third-order valence-electron chi connectivity index (χ3n) is 3.03. The van der Waals surface area contributed by atoms with Crippen molar-refractivity contribution in [3.05, 3.63) is 24.0 Å². The van der Waals surface area contributed by atoms with Crippen molar-refractivity contribution in [3.63, 3.8) is 0 Å². The molecule has 1 heterocycles. The molecule has 2 nitrogen and oxygen atoms in total. The van der Waals surface area contributed by atoms with Crippen molar-refractivity contribution >= 4 is 17.3 Å². The Kier molecular flexibility index (Phi) is 4.05. The quantitative estimate of drug-likeness (QED) is 0.706. The Bertz CT molecular complexity index is 336. The zero-order valence-electron chi connectivity index (χ0n) is 9.82. The van der Waals surface area contributed by atoms with E-state index in [4.69, 9.17) is 11.6 Å². The summed E-state index contributed by atoms with van der Waals surface area (Å²) in [5, 5.41) is 0. The Morgan fingerprint density at radius 3 is 2.94 bits per heavy atom. The molecule has 0 N–H and O–H groups in total. The minimum atomic E-state index is 0.550. The van der Waals surface area contributed by atoms with E-state index in [0.29, 0.717) is 5.88 Å². The van der Waals surface area contributed by atoms with Crippen LogP contribution in [-0.4, -0.2) is 18.1 Å². The Labute approximate surface area is 103 Å². The monoisotopic (exact) mass is 238 g/mol. The van der Waals surface area contributed by atoms with Crippen LogP contribution in [0.1, 0.15) is 31.7 Å². The van der Waals surface area contributed by atoms with Crippen molar-refractivity contribution in [1.29, 1.82) is 0 Å². The van der Waals surface area contributed by atoms with Crippen LogP contribution in [0, 0.1) is 5.92 Å². The number of aromatic nitrogens is 1. The number of pyridine rings is 1. The lowest BCUT2D eigenvalue weighted by Crippen LogP contribution is -2.27. The van der Waals surface area contributed by atoms with Crippen LogP contribution in [0.2, 0.25) is 0 Å². The molecule has 1 saturated carbocycles. The Hall–Kier alpha value is -0.760. The molecule has 1 aliphatic rings. The zero-order valence-corrected chi connectivity index (χ0v) is 10.6. The first-order chi connectivity index (χ1) is 7.85. The van der Waals surface area contributed by atoms with Gasteiger partial charge in [-0.1, -0.05) is 6.92 Å². The van der Waals surface area contributed by atoms with Gasteiger partial charge in [0.15, 0.2) is 0 Å². The Balaban J connectivity index is 2.14. The van der Waals surface area contributed by atoms with Crippen molar-refractivity contribution in [2.24, 2.45) is 5.92 Å². The molecule has 0 saturated heterocycles. The van der Waals surface area contributed by atoms with Gasteiger partial charge in [0.2, 0.25) is 0 Å². The first-order valence-electron chi connectivity index (χ1n) is 6.09. The summed E-state index contributed by atoms with van der Waals surface area (Å²) in [6, 6.07) is 2.09. The minimum absolute atomic E-state index is 0.550. The summed E-state index contributed by atoms with van der Waals surface area (Å²) in [7, 11) is 0. The van der Waals surface area contributed by atoms with Crippen LogP contribution >= 0.6 is 11.6 Å². The standard InChI is InChI=1S/C13H19ClN2/c1-2-7-16(10-11-3-4-11)13-5-6-15-9-12(13)8-14/h5-6,9,11H,2-4,7-8,10H2,1H3. The number of nitrogens with zero attached hydrogens (tertiary/aromatic N) is 2. The van der Waals surface area contributed by atoms with Gasteiger partial charge < -0.3 is 4.90 Å². The van der Waals surface area contributed by atoms with Crippen molar-refractivity contribution in [2.75, 3.05) is 18.0 Å². The largest absolute Gasteiger partial charge is 0.371 e. The second-order valence-corrected chi connectivity index (χ2v) is 4.79. The molecular formula is C13H19ClN2. The molecule has 0 amide bonds. The van der Waals surface area contributed by atoms with Gasteiger partial charge in [0.1, 0.15) is 0 Å². The molecule has 0 spiro atoms. The maximum absolute atomic E-state index is 5.96. The fourth-order valence-electron chi connectivity index (χ4n) is 2.02. The summed E-state index contributed by atoms with van der Waals surface area (Å²) in [6.07, 6.45) is 7.71. The van der Waals surface area contributed by atoms with E-state index in [1.165, 1.54) is 31.5 Å². The lowest BCUT2D eigenvalue weighted by Gasteiger charge is -2.26. The van der Waals surface area contributed by atoms with Crippen molar-refractivity contribution in [2.45, 2.75) is 32.1 Å². The van der Waals surface area contributed by atoms with E-state index < -0.39 is 0 Å². The molecule has 1 aromatic heterocycles. The lowest BCUT2D eigenvalue weighted by atomic mass is 10.2. The van der Waals surface area contributed by atoms with Crippen LogP contribution in [0.4, 0.5) is 5.69 Å². The maximum Gasteiger partial charge on any atom is 0.0509 e. The molecule has 2 rings (SSSR count). The molecule has 0 aliphatic heterocycles. The number of rotatable bonds is 6. The summed E-state index contributed by atoms with van der Waals surface area (Å²) in [6.45, 7) is 4.52. The number of halogens is 1. The third kappa shape index (κ3) is 2.88. The van der Waals surface area contributed by atoms with E-state index >= 15 is 0 Å². The van der Waals surface area contributed by atoms with Gasteiger partial charge in [-0.25, -0.2) is 0 Å². The third-order valence-corrected chi connectivity index (χ3v) is 3.32. The fourth-order valence-corrected chi connectivity index (χ4v) is 2.23. The summed E-state index contributed by atoms with van der Waals surface area (Å²) >= 11 is 5.96. The highest BCUT2D eigenvalue weighted by molar-refractivity contribution is 6.17. The Morgan fingerprint density at radius 2 is 2.31 bits per heavy atom. The minimum Gasteiger partial charge on any atom is -0.371 e. The van der Waals surface area contributed by atoms with Gasteiger partial charge in [0.25, 0.3) is 0 Å². The average Bonchev–Trinajstić information content (AvgIpc) is 3.12. The highest BCUT2D eigenvalue weighted by atomic mass is 35.5. The zero-order chi connectivity index (χ0) is 11.4. The Morgan fingerprint density at radius 1 is 1.50 bits per heavy atom. The predicted octanol–water partition coefficient (Wildman–Crippen LogP) is 3.45. The second-order valence-electron chi connectivity index (χ2n) is 4.53. The first-order valence-corrected chi connectivity index (χ1v) is 6.62. The molecule has 1 aliphatic carbocycles. The maximum atomic E-state index is 5.96. The highest BCUT2D eigenvalue weighted by Crippen LogP contribution is 2.32. The van der Waals surface area contributed by atoms with Gasteiger partial charge in [0, 0.05) is 36.7 Å². The van der Waals surface area contributed by atoms with Gasteiger partial charge >= 0.3 is 0 Å². The number of hydrogen-bond donors (Lipinski definition) is 0. The van der Waals surface area contributed by atoms with Crippen LogP contribution in [-0.2, 0) is 5.88 Å². The van der Waals surface area contributed by atoms with Crippen molar-refractivity contribution < 1.29 is 0 Å². The van der Waals surface area contributed by atoms with Crippen molar-refractivity contribution in [1.82, 2.24) is 4.98 Å². The van der Waals surface area contributed by atoms with Gasteiger partial charge in [-0.15, -0.1) is 11.6 Å². The van der Waals surface area contributed by atoms with Crippen molar-refractivity contribution in [3.8, 4) is 0 Å². The fraction of sp³-hybridized carbons (Fsp3) is 0.615. The average molecular weight is 239 g/mol. The molecule has 0 bridgehead atoms. The molecule has 0 radical (unpaired) electrons. The number of alkyl halides is 1. The SMILES string of the molecule is CCCN(CC1CC1)c1ccncc1CCl. The summed E-state index contributed by atoms with van der Waals surface area (Å²) in [5.41, 5.74) is 2.43. The first kappa shape index (κ1) is 11.7. The molecule has 3 heteroatoms. The van der Waals surface area contributed by atoms with Gasteiger partial charge in [-0.3, -0.25) is 4.98 Å². The van der Waals surface area contributed by atoms with Crippen LogP contribution < -0.4 is 4.90 Å². The molecule has 88 valence electrons. The molecule has 16 heavy (non-hydrogen) atoms. The molecular weight excluding hydrogens is 220 g/mol. The van der Waals surface area contributed by atoms with Gasteiger partial charge in [-0.2, -0.15) is 0 Å². The molecule has 0 atom stereocenters. The normalized spacial score (nSPS) is 15.1. The van der Waals surface area contributed by atoms with E-state index in [0.717, 1.165) is 18.0 Å². The van der Waals surface area contributed by atoms with E-state index in [9.17, 15) is 0 Å². The van der Waals surface area contributed by atoms with E-state index in [1.807, 2.05) is 12.4 Å². The van der Waals surface area contributed by atoms with Crippen LogP contribution in [0.5, 0.6) is 0 Å². The summed E-state index contributed by atoms with van der Waals surface area (Å²) in [4.78, 5) is 6.61. The predicted molar refractivity (Wildman–Crippen MR) is 69.0 cm³/mol. The van der Waals surface area contributed by atoms with Crippen LogP contribution in [0.3, 0.4) is 0 Å². The number of anilines is 1. The van der Waals surface area contributed by atoms with Gasteiger partial charge in [-0.05, 0) is 31.2 Å². The van der Waals surface area contributed by atoms with E-state index in [-0.39, 0.29) is 0 Å². The highest BCUT2D eigenvalue weighted by Gasteiger charge is 2.24. The molecule has 1 aromatic rings. The smallest absolute Gasteiger partial charge is 0.0509 e. The topological polar surface area (TPSA) is 16.1 Å². The molecule has 1 fully saturated rings. The molecule has 0 unspecified atom stereocenters. The lowest BCUT2D eigenvalue weighted by molar-refractivity contribution is 0.705. The van der Waals surface area contributed by atoms with E-state index in [1.54, 1.807) is 0 Å². The van der Waals surface area contributed by atoms with Gasteiger partial charge in [0.05, 0.1) is 5.88 Å². The molecule has 0 aromatic carbocycles. The number of hydrogen-bond acceptors (Lipinski definition) is 2. The van der Waals surface area contributed by atoms with E-state index in [2.05, 4.69) is 22.9 Å². The van der Waals surface area contributed by atoms with Crippen LogP contribution in [0.25, 0.3) is 0 Å². The summed E-state index contributed by atoms with van der Waals surface area (Å²) in [5.74, 6) is 1.46. The second kappa shape index (κ2) is 5.53.